The van der Waals surface area contributed by atoms with Crippen LogP contribution in [-0.2, 0) is 18.0 Å². The lowest BCUT2D eigenvalue weighted by molar-refractivity contribution is 0.481. The number of nitrogens with two attached hydrogens (primary N) is 1. The molecule has 1 rings (SSSR count). The third-order valence-corrected chi connectivity index (χ3v) is 2.64. The predicted octanol–water partition coefficient (Wildman–Crippen LogP) is 2.22. The number of hydrogen-bond acceptors (Lipinski definition) is 2. The van der Waals surface area contributed by atoms with Crippen molar-refractivity contribution < 1.29 is 0 Å². The first kappa shape index (κ1) is 12.2. The summed E-state index contributed by atoms with van der Waals surface area (Å²) in [6, 6.07) is 0. The quantitative estimate of drug-likeness (QED) is 0.770. The van der Waals surface area contributed by atoms with Crippen molar-refractivity contribution >= 4 is 0 Å². The molecule has 0 aliphatic heterocycles. The molecule has 0 aromatic carbocycles. The molecule has 0 radical (unpaired) electrons. The van der Waals surface area contributed by atoms with E-state index in [1.807, 2.05) is 20.8 Å². The van der Waals surface area contributed by atoms with Gasteiger partial charge in [-0.25, -0.2) is 4.98 Å². The standard InChI is InChI=1S/C12H23N3/c1-8-14-9(12(5,6)13)10(15(8)7)11(2,3)4/h13H2,1-7H3. The van der Waals surface area contributed by atoms with Crippen LogP contribution in [0.2, 0.25) is 0 Å². The Balaban J connectivity index is 3.48. The van der Waals surface area contributed by atoms with Crippen LogP contribution in [0.3, 0.4) is 0 Å². The van der Waals surface area contributed by atoms with Crippen LogP contribution in [0, 0.1) is 6.92 Å². The Kier molecular flexibility index (Phi) is 2.72. The molecule has 3 nitrogen and oxygen atoms in total. The summed E-state index contributed by atoms with van der Waals surface area (Å²) in [6.45, 7) is 12.6. The van der Waals surface area contributed by atoms with Gasteiger partial charge in [-0.3, -0.25) is 0 Å². The number of hydrogen-bond donors (Lipinski definition) is 1. The van der Waals surface area contributed by atoms with Crippen molar-refractivity contribution in [2.24, 2.45) is 12.8 Å². The van der Waals surface area contributed by atoms with E-state index in [0.717, 1.165) is 11.5 Å². The molecule has 1 aromatic rings. The lowest BCUT2D eigenvalue weighted by Gasteiger charge is -2.26. The molecule has 0 bridgehead atoms. The summed E-state index contributed by atoms with van der Waals surface area (Å²) in [5.41, 5.74) is 8.09. The summed E-state index contributed by atoms with van der Waals surface area (Å²) >= 11 is 0. The van der Waals surface area contributed by atoms with Crippen LogP contribution >= 0.6 is 0 Å². The van der Waals surface area contributed by atoms with E-state index in [1.165, 1.54) is 5.69 Å². The van der Waals surface area contributed by atoms with Crippen LogP contribution in [0.5, 0.6) is 0 Å². The van der Waals surface area contributed by atoms with Gasteiger partial charge in [-0.15, -0.1) is 0 Å². The molecule has 86 valence electrons. The molecule has 0 aliphatic rings. The monoisotopic (exact) mass is 209 g/mol. The van der Waals surface area contributed by atoms with E-state index < -0.39 is 0 Å². The molecule has 0 fully saturated rings. The van der Waals surface area contributed by atoms with Crippen molar-refractivity contribution in [2.75, 3.05) is 0 Å². The summed E-state index contributed by atoms with van der Waals surface area (Å²) in [6.07, 6.45) is 0. The first-order chi connectivity index (χ1) is 6.55. The highest BCUT2D eigenvalue weighted by Crippen LogP contribution is 2.31. The third-order valence-electron chi connectivity index (χ3n) is 2.64. The Bertz CT molecular complexity index is 361. The van der Waals surface area contributed by atoms with Gasteiger partial charge in [0, 0.05) is 18.2 Å². The Morgan fingerprint density at radius 3 is 1.87 bits per heavy atom. The van der Waals surface area contributed by atoms with Crippen LogP contribution in [0.15, 0.2) is 0 Å². The minimum atomic E-state index is -0.380. The number of nitrogens with zero attached hydrogens (tertiary/aromatic N) is 2. The lowest BCUT2D eigenvalue weighted by atomic mass is 9.85. The maximum atomic E-state index is 6.16. The van der Waals surface area contributed by atoms with Crippen molar-refractivity contribution in [2.45, 2.75) is 52.5 Å². The molecule has 15 heavy (non-hydrogen) atoms. The van der Waals surface area contributed by atoms with Gasteiger partial charge in [-0.2, -0.15) is 0 Å². The van der Waals surface area contributed by atoms with Crippen molar-refractivity contribution in [3.8, 4) is 0 Å². The maximum absolute atomic E-state index is 6.16. The first-order valence-corrected chi connectivity index (χ1v) is 5.38. The van der Waals surface area contributed by atoms with Gasteiger partial charge in [0.1, 0.15) is 5.82 Å². The molecule has 1 heterocycles. The highest BCUT2D eigenvalue weighted by atomic mass is 15.1. The fourth-order valence-corrected chi connectivity index (χ4v) is 1.92. The third kappa shape index (κ3) is 2.23. The van der Waals surface area contributed by atoms with Gasteiger partial charge in [0.2, 0.25) is 0 Å². The molecule has 0 amide bonds. The van der Waals surface area contributed by atoms with Gasteiger partial charge in [0.05, 0.1) is 11.2 Å². The Hall–Kier alpha value is -0.830. The largest absolute Gasteiger partial charge is 0.335 e. The van der Waals surface area contributed by atoms with Crippen LogP contribution in [0.25, 0.3) is 0 Å². The second-order valence-electron chi connectivity index (χ2n) is 5.89. The summed E-state index contributed by atoms with van der Waals surface area (Å²) in [5.74, 6) is 1.02. The maximum Gasteiger partial charge on any atom is 0.105 e. The number of rotatable bonds is 1. The van der Waals surface area contributed by atoms with Gasteiger partial charge in [0.15, 0.2) is 0 Å². The summed E-state index contributed by atoms with van der Waals surface area (Å²) < 4.78 is 2.14. The Morgan fingerprint density at radius 2 is 1.60 bits per heavy atom. The zero-order valence-electron chi connectivity index (χ0n) is 11.0. The van der Waals surface area contributed by atoms with Gasteiger partial charge in [-0.1, -0.05) is 20.8 Å². The second-order valence-corrected chi connectivity index (χ2v) is 5.89. The first-order valence-electron chi connectivity index (χ1n) is 5.38. The number of aryl methyl sites for hydroxylation is 1. The second kappa shape index (κ2) is 3.34. The minimum absolute atomic E-state index is 0.0714. The van der Waals surface area contributed by atoms with Crippen LogP contribution in [-0.4, -0.2) is 9.55 Å². The average Bonchev–Trinajstić information content (AvgIpc) is 2.25. The van der Waals surface area contributed by atoms with E-state index in [4.69, 9.17) is 5.73 Å². The van der Waals surface area contributed by atoms with Gasteiger partial charge < -0.3 is 10.3 Å². The van der Waals surface area contributed by atoms with Gasteiger partial charge in [-0.05, 0) is 20.8 Å². The Morgan fingerprint density at radius 1 is 1.13 bits per heavy atom. The summed E-state index contributed by atoms with van der Waals surface area (Å²) in [4.78, 5) is 4.59. The number of imidazole rings is 1. The summed E-state index contributed by atoms with van der Waals surface area (Å²) in [7, 11) is 2.05. The highest BCUT2D eigenvalue weighted by Gasteiger charge is 2.30. The lowest BCUT2D eigenvalue weighted by Crippen LogP contribution is -2.33. The molecular formula is C12H23N3. The van der Waals surface area contributed by atoms with Crippen molar-refractivity contribution in [1.29, 1.82) is 0 Å². The fourth-order valence-electron chi connectivity index (χ4n) is 1.92. The van der Waals surface area contributed by atoms with Crippen LogP contribution in [0.1, 0.15) is 51.8 Å². The average molecular weight is 209 g/mol. The van der Waals surface area contributed by atoms with Crippen molar-refractivity contribution in [3.63, 3.8) is 0 Å². The smallest absolute Gasteiger partial charge is 0.105 e. The zero-order chi connectivity index (χ0) is 12.0. The molecule has 1 aromatic heterocycles. The fraction of sp³-hybridized carbons (Fsp3) is 0.750. The molecular weight excluding hydrogens is 186 g/mol. The highest BCUT2D eigenvalue weighted by molar-refractivity contribution is 5.29. The van der Waals surface area contributed by atoms with E-state index in [2.05, 4.69) is 37.4 Å². The molecule has 0 unspecified atom stereocenters. The normalized spacial score (nSPS) is 13.3. The molecule has 0 saturated heterocycles. The molecule has 0 atom stereocenters. The van der Waals surface area contributed by atoms with E-state index in [-0.39, 0.29) is 11.0 Å². The zero-order valence-corrected chi connectivity index (χ0v) is 11.0. The molecule has 0 saturated carbocycles. The van der Waals surface area contributed by atoms with E-state index >= 15 is 0 Å². The summed E-state index contributed by atoms with van der Waals surface area (Å²) in [5, 5.41) is 0. The van der Waals surface area contributed by atoms with Crippen LogP contribution in [0.4, 0.5) is 0 Å². The van der Waals surface area contributed by atoms with Crippen molar-refractivity contribution in [3.05, 3.63) is 17.2 Å². The SMILES string of the molecule is Cc1nc(C(C)(C)N)c(C(C)(C)C)n1C. The minimum Gasteiger partial charge on any atom is -0.335 e. The van der Waals surface area contributed by atoms with Gasteiger partial charge >= 0.3 is 0 Å². The van der Waals surface area contributed by atoms with E-state index in [1.54, 1.807) is 0 Å². The Labute approximate surface area is 92.7 Å². The van der Waals surface area contributed by atoms with Crippen molar-refractivity contribution in [1.82, 2.24) is 9.55 Å². The molecule has 0 spiro atoms. The van der Waals surface area contributed by atoms with E-state index in [9.17, 15) is 0 Å². The molecule has 2 N–H and O–H groups in total. The topological polar surface area (TPSA) is 43.8 Å². The number of aromatic nitrogens is 2. The molecule has 0 aliphatic carbocycles. The predicted molar refractivity (Wildman–Crippen MR) is 63.9 cm³/mol. The van der Waals surface area contributed by atoms with Crippen LogP contribution < -0.4 is 5.73 Å². The molecule has 3 heteroatoms. The van der Waals surface area contributed by atoms with E-state index in [0.29, 0.717) is 0 Å². The van der Waals surface area contributed by atoms with Gasteiger partial charge in [0.25, 0.3) is 0 Å².